The number of benzene rings is 1. The molecule has 0 fully saturated rings. The zero-order chi connectivity index (χ0) is 11.4. The van der Waals surface area contributed by atoms with Gasteiger partial charge in [-0.25, -0.2) is 4.79 Å². The Labute approximate surface area is 89.4 Å². The molecule has 80 valence electrons. The molecular weight excluding hydrogens is 190 g/mol. The van der Waals surface area contributed by atoms with Crippen LogP contribution in [0.15, 0.2) is 30.9 Å². The van der Waals surface area contributed by atoms with Gasteiger partial charge in [0.15, 0.2) is 0 Å². The molecule has 0 heterocycles. The van der Waals surface area contributed by atoms with Crippen LogP contribution in [0.1, 0.15) is 22.8 Å². The van der Waals surface area contributed by atoms with Crippen LogP contribution >= 0.6 is 0 Å². The van der Waals surface area contributed by atoms with E-state index in [0.717, 1.165) is 5.56 Å². The van der Waals surface area contributed by atoms with E-state index in [1.54, 1.807) is 18.2 Å². The largest absolute Gasteiger partial charge is 0.478 e. The highest BCUT2D eigenvalue weighted by Crippen LogP contribution is 2.18. The van der Waals surface area contributed by atoms with Gasteiger partial charge < -0.3 is 10.4 Å². The summed E-state index contributed by atoms with van der Waals surface area (Å²) in [6.07, 6.45) is 1.73. The molecule has 2 N–H and O–H groups in total. The predicted molar refractivity (Wildman–Crippen MR) is 61.4 cm³/mol. The molecular formula is C12H15NO2. The Balaban J connectivity index is 3.07. The first-order chi connectivity index (χ1) is 7.04. The Morgan fingerprint density at radius 1 is 1.60 bits per heavy atom. The molecule has 3 nitrogen and oxygen atoms in total. The van der Waals surface area contributed by atoms with Gasteiger partial charge in [-0.1, -0.05) is 12.1 Å². The summed E-state index contributed by atoms with van der Waals surface area (Å²) in [5, 5.41) is 12.1. The maximum atomic E-state index is 10.9. The summed E-state index contributed by atoms with van der Waals surface area (Å²) in [5.74, 6) is -0.922. The van der Waals surface area contributed by atoms with Crippen molar-refractivity contribution >= 4 is 11.7 Å². The average Bonchev–Trinajstić information content (AvgIpc) is 2.17. The van der Waals surface area contributed by atoms with E-state index in [0.29, 0.717) is 5.69 Å². The Morgan fingerprint density at radius 3 is 2.80 bits per heavy atom. The summed E-state index contributed by atoms with van der Waals surface area (Å²) in [7, 11) is 0. The quantitative estimate of drug-likeness (QED) is 0.743. The minimum absolute atomic E-state index is 0.0462. The minimum Gasteiger partial charge on any atom is -0.478 e. The number of aromatic carboxylic acids is 1. The van der Waals surface area contributed by atoms with Crippen molar-refractivity contribution in [2.24, 2.45) is 0 Å². The van der Waals surface area contributed by atoms with Crippen LogP contribution in [0.2, 0.25) is 0 Å². The molecule has 0 saturated carbocycles. The van der Waals surface area contributed by atoms with Gasteiger partial charge in [-0.15, -0.1) is 6.58 Å². The molecule has 0 aromatic heterocycles. The van der Waals surface area contributed by atoms with Crippen molar-refractivity contribution in [1.29, 1.82) is 0 Å². The van der Waals surface area contributed by atoms with Gasteiger partial charge in [0.2, 0.25) is 0 Å². The van der Waals surface area contributed by atoms with Crippen LogP contribution in [0.4, 0.5) is 5.69 Å². The highest BCUT2D eigenvalue weighted by atomic mass is 16.4. The third kappa shape index (κ3) is 2.84. The molecule has 0 spiro atoms. The summed E-state index contributed by atoms with van der Waals surface area (Å²) in [5.41, 5.74) is 1.95. The van der Waals surface area contributed by atoms with E-state index in [2.05, 4.69) is 11.9 Å². The third-order valence-electron chi connectivity index (χ3n) is 2.14. The third-order valence-corrected chi connectivity index (χ3v) is 2.14. The number of carboxylic acid groups (broad SMARTS) is 1. The maximum Gasteiger partial charge on any atom is 0.337 e. The molecule has 1 aromatic carbocycles. The number of nitrogens with one attached hydrogen (secondary N) is 1. The van der Waals surface area contributed by atoms with Crippen molar-refractivity contribution in [3.8, 4) is 0 Å². The second kappa shape index (κ2) is 4.64. The van der Waals surface area contributed by atoms with Crippen LogP contribution in [0.5, 0.6) is 0 Å². The molecule has 1 unspecified atom stereocenters. The van der Waals surface area contributed by atoms with Crippen LogP contribution in [0.25, 0.3) is 0 Å². The standard InChI is InChI=1S/C12H15NO2/c1-4-9(3)13-11-7-8(2)5-6-10(11)12(14)15/h4-7,9,13H,1H2,2-3H3,(H,14,15). The average molecular weight is 205 g/mol. The van der Waals surface area contributed by atoms with Crippen LogP contribution in [-0.4, -0.2) is 17.1 Å². The molecule has 0 aliphatic rings. The fourth-order valence-electron chi connectivity index (χ4n) is 1.27. The Bertz CT molecular complexity index is 385. The van der Waals surface area contributed by atoms with E-state index in [1.807, 2.05) is 19.9 Å². The predicted octanol–water partition coefficient (Wildman–Crippen LogP) is 2.68. The number of hydrogen-bond donors (Lipinski definition) is 2. The molecule has 0 radical (unpaired) electrons. The van der Waals surface area contributed by atoms with Crippen LogP contribution in [0, 0.1) is 6.92 Å². The Hall–Kier alpha value is -1.77. The lowest BCUT2D eigenvalue weighted by Gasteiger charge is -2.13. The number of rotatable bonds is 4. The molecule has 0 bridgehead atoms. The van der Waals surface area contributed by atoms with Crippen molar-refractivity contribution in [3.63, 3.8) is 0 Å². The Morgan fingerprint density at radius 2 is 2.27 bits per heavy atom. The maximum absolute atomic E-state index is 10.9. The highest BCUT2D eigenvalue weighted by molar-refractivity contribution is 5.94. The minimum atomic E-state index is -0.922. The molecule has 0 aliphatic heterocycles. The molecule has 15 heavy (non-hydrogen) atoms. The van der Waals surface area contributed by atoms with E-state index in [1.165, 1.54) is 0 Å². The lowest BCUT2D eigenvalue weighted by Crippen LogP contribution is -2.14. The fourth-order valence-corrected chi connectivity index (χ4v) is 1.27. The van der Waals surface area contributed by atoms with Crippen molar-refractivity contribution in [2.75, 3.05) is 5.32 Å². The van der Waals surface area contributed by atoms with Gasteiger partial charge in [0, 0.05) is 11.7 Å². The van der Waals surface area contributed by atoms with Crippen molar-refractivity contribution in [1.82, 2.24) is 0 Å². The van der Waals surface area contributed by atoms with Gasteiger partial charge in [0.1, 0.15) is 0 Å². The van der Waals surface area contributed by atoms with Gasteiger partial charge in [0.05, 0.1) is 5.56 Å². The first-order valence-corrected chi connectivity index (χ1v) is 4.77. The van der Waals surface area contributed by atoms with Gasteiger partial charge in [-0.2, -0.15) is 0 Å². The van der Waals surface area contributed by atoms with Gasteiger partial charge in [0.25, 0.3) is 0 Å². The molecule has 1 atom stereocenters. The zero-order valence-electron chi connectivity index (χ0n) is 8.95. The smallest absolute Gasteiger partial charge is 0.337 e. The molecule has 0 saturated heterocycles. The number of anilines is 1. The van der Waals surface area contributed by atoms with E-state index in [4.69, 9.17) is 5.11 Å². The number of hydrogen-bond acceptors (Lipinski definition) is 2. The lowest BCUT2D eigenvalue weighted by molar-refractivity contribution is 0.0698. The summed E-state index contributed by atoms with van der Waals surface area (Å²) < 4.78 is 0. The second-order valence-electron chi connectivity index (χ2n) is 3.52. The lowest BCUT2D eigenvalue weighted by atomic mass is 10.1. The van der Waals surface area contributed by atoms with E-state index in [-0.39, 0.29) is 11.6 Å². The normalized spacial score (nSPS) is 11.9. The number of carboxylic acids is 1. The van der Waals surface area contributed by atoms with Gasteiger partial charge in [-0.05, 0) is 31.5 Å². The Kier molecular flexibility index (Phi) is 3.50. The fraction of sp³-hybridized carbons (Fsp3) is 0.250. The van der Waals surface area contributed by atoms with Crippen LogP contribution in [-0.2, 0) is 0 Å². The molecule has 0 amide bonds. The first kappa shape index (κ1) is 11.3. The monoisotopic (exact) mass is 205 g/mol. The highest BCUT2D eigenvalue weighted by Gasteiger charge is 2.10. The molecule has 1 aromatic rings. The molecule has 0 aliphatic carbocycles. The molecule has 3 heteroatoms. The summed E-state index contributed by atoms with van der Waals surface area (Å²) in [6.45, 7) is 7.49. The number of aryl methyl sites for hydroxylation is 1. The van der Waals surface area contributed by atoms with E-state index in [9.17, 15) is 4.79 Å². The van der Waals surface area contributed by atoms with Crippen molar-refractivity contribution in [2.45, 2.75) is 19.9 Å². The summed E-state index contributed by atoms with van der Waals surface area (Å²) in [4.78, 5) is 10.9. The van der Waals surface area contributed by atoms with Crippen LogP contribution < -0.4 is 5.32 Å². The van der Waals surface area contributed by atoms with Gasteiger partial charge >= 0.3 is 5.97 Å². The van der Waals surface area contributed by atoms with Crippen molar-refractivity contribution in [3.05, 3.63) is 42.0 Å². The summed E-state index contributed by atoms with van der Waals surface area (Å²) in [6, 6.07) is 5.26. The molecule has 1 rings (SSSR count). The van der Waals surface area contributed by atoms with Gasteiger partial charge in [-0.3, -0.25) is 0 Å². The second-order valence-corrected chi connectivity index (χ2v) is 3.52. The van der Waals surface area contributed by atoms with E-state index < -0.39 is 5.97 Å². The summed E-state index contributed by atoms with van der Waals surface area (Å²) >= 11 is 0. The van der Waals surface area contributed by atoms with Crippen molar-refractivity contribution < 1.29 is 9.90 Å². The topological polar surface area (TPSA) is 49.3 Å². The number of carbonyl (C=O) groups is 1. The first-order valence-electron chi connectivity index (χ1n) is 4.77. The SMILES string of the molecule is C=CC(C)Nc1cc(C)ccc1C(=O)O. The van der Waals surface area contributed by atoms with E-state index >= 15 is 0 Å². The van der Waals surface area contributed by atoms with Crippen LogP contribution in [0.3, 0.4) is 0 Å². The zero-order valence-corrected chi connectivity index (χ0v) is 8.95.